The molecule has 1 saturated carbocycles. The minimum Gasteiger partial charge on any atom is -0.468 e. The van der Waals surface area contributed by atoms with Crippen molar-refractivity contribution in [2.24, 2.45) is 11.3 Å². The summed E-state index contributed by atoms with van der Waals surface area (Å²) in [6.45, 7) is 8.26. The fourth-order valence-electron chi connectivity index (χ4n) is 3.03. The molecule has 1 heterocycles. The molecule has 108 valence electrons. The van der Waals surface area contributed by atoms with E-state index in [1.807, 2.05) is 12.1 Å². The number of aliphatic hydroxyl groups is 1. The number of furan rings is 1. The van der Waals surface area contributed by atoms with Gasteiger partial charge in [-0.05, 0) is 49.1 Å². The molecule has 0 saturated heterocycles. The predicted molar refractivity (Wildman–Crippen MR) is 76.8 cm³/mol. The number of rotatable bonds is 4. The summed E-state index contributed by atoms with van der Waals surface area (Å²) in [6.07, 6.45) is 5.74. The highest BCUT2D eigenvalue weighted by atomic mass is 16.3. The van der Waals surface area contributed by atoms with Crippen LogP contribution < -0.4 is 5.32 Å². The Kier molecular flexibility index (Phi) is 4.36. The van der Waals surface area contributed by atoms with Crippen molar-refractivity contribution >= 4 is 0 Å². The lowest BCUT2D eigenvalue weighted by molar-refractivity contribution is -0.0241. The van der Waals surface area contributed by atoms with Crippen LogP contribution in [0.5, 0.6) is 0 Å². The first-order chi connectivity index (χ1) is 8.89. The zero-order chi connectivity index (χ0) is 13.9. The molecule has 0 aliphatic heterocycles. The summed E-state index contributed by atoms with van der Waals surface area (Å²) in [5, 5.41) is 13.9. The topological polar surface area (TPSA) is 45.4 Å². The van der Waals surface area contributed by atoms with E-state index in [0.717, 1.165) is 37.4 Å². The van der Waals surface area contributed by atoms with E-state index in [4.69, 9.17) is 4.42 Å². The third-order valence-corrected chi connectivity index (χ3v) is 4.47. The first kappa shape index (κ1) is 14.6. The minimum absolute atomic E-state index is 0.364. The first-order valence-corrected chi connectivity index (χ1v) is 7.35. The van der Waals surface area contributed by atoms with Gasteiger partial charge in [0.1, 0.15) is 5.76 Å². The van der Waals surface area contributed by atoms with Crippen molar-refractivity contribution in [1.82, 2.24) is 5.32 Å². The molecule has 0 amide bonds. The minimum atomic E-state index is -0.533. The molecule has 1 aromatic rings. The number of hydrogen-bond donors (Lipinski definition) is 2. The van der Waals surface area contributed by atoms with Crippen LogP contribution in [0.2, 0.25) is 0 Å². The van der Waals surface area contributed by atoms with Gasteiger partial charge in [-0.3, -0.25) is 0 Å². The van der Waals surface area contributed by atoms with Crippen molar-refractivity contribution in [2.45, 2.75) is 58.6 Å². The zero-order valence-electron chi connectivity index (χ0n) is 12.4. The summed E-state index contributed by atoms with van der Waals surface area (Å²) >= 11 is 0. The Morgan fingerprint density at radius 3 is 2.58 bits per heavy atom. The van der Waals surface area contributed by atoms with Crippen molar-refractivity contribution in [3.63, 3.8) is 0 Å². The Morgan fingerprint density at radius 2 is 2.05 bits per heavy atom. The molecule has 0 atom stereocenters. The largest absolute Gasteiger partial charge is 0.468 e. The highest BCUT2D eigenvalue weighted by molar-refractivity contribution is 4.98. The van der Waals surface area contributed by atoms with Gasteiger partial charge in [-0.1, -0.05) is 20.8 Å². The summed E-state index contributed by atoms with van der Waals surface area (Å²) in [5.74, 6) is 1.66. The van der Waals surface area contributed by atoms with Gasteiger partial charge in [0, 0.05) is 6.54 Å². The fourth-order valence-corrected chi connectivity index (χ4v) is 3.03. The van der Waals surface area contributed by atoms with E-state index in [9.17, 15) is 5.11 Å². The second-order valence-corrected chi connectivity index (χ2v) is 7.05. The molecule has 0 aromatic carbocycles. The van der Waals surface area contributed by atoms with E-state index in [2.05, 4.69) is 26.1 Å². The Balaban J connectivity index is 1.75. The number of hydrogen-bond acceptors (Lipinski definition) is 3. The SMILES string of the molecule is CC(C)(C)C1CCC(O)(CNCc2ccco2)CC1. The van der Waals surface area contributed by atoms with Crippen LogP contribution >= 0.6 is 0 Å². The van der Waals surface area contributed by atoms with Crippen LogP contribution in [0.3, 0.4) is 0 Å². The smallest absolute Gasteiger partial charge is 0.117 e. The molecule has 0 radical (unpaired) electrons. The van der Waals surface area contributed by atoms with E-state index < -0.39 is 5.60 Å². The molecule has 0 bridgehead atoms. The van der Waals surface area contributed by atoms with Gasteiger partial charge in [0.15, 0.2) is 0 Å². The van der Waals surface area contributed by atoms with Gasteiger partial charge in [-0.2, -0.15) is 0 Å². The molecule has 2 N–H and O–H groups in total. The lowest BCUT2D eigenvalue weighted by Gasteiger charge is -2.41. The quantitative estimate of drug-likeness (QED) is 0.877. The maximum absolute atomic E-state index is 10.6. The number of nitrogens with one attached hydrogen (secondary N) is 1. The van der Waals surface area contributed by atoms with Crippen LogP contribution in [0.4, 0.5) is 0 Å². The van der Waals surface area contributed by atoms with Gasteiger partial charge in [0.25, 0.3) is 0 Å². The molecule has 19 heavy (non-hydrogen) atoms. The summed E-state index contributed by atoms with van der Waals surface area (Å²) in [7, 11) is 0. The van der Waals surface area contributed by atoms with E-state index >= 15 is 0 Å². The normalized spacial score (nSPS) is 28.5. The summed E-state index contributed by atoms with van der Waals surface area (Å²) < 4.78 is 5.27. The monoisotopic (exact) mass is 265 g/mol. The van der Waals surface area contributed by atoms with Gasteiger partial charge in [-0.15, -0.1) is 0 Å². The van der Waals surface area contributed by atoms with Crippen LogP contribution in [0.1, 0.15) is 52.2 Å². The Labute approximate surface area is 116 Å². The summed E-state index contributed by atoms with van der Waals surface area (Å²) in [4.78, 5) is 0. The third-order valence-electron chi connectivity index (χ3n) is 4.47. The van der Waals surface area contributed by atoms with Crippen LogP contribution in [0.15, 0.2) is 22.8 Å². The molecule has 0 unspecified atom stereocenters. The van der Waals surface area contributed by atoms with Gasteiger partial charge >= 0.3 is 0 Å². The average Bonchev–Trinajstić information content (AvgIpc) is 2.81. The maximum atomic E-state index is 10.6. The fraction of sp³-hybridized carbons (Fsp3) is 0.750. The van der Waals surface area contributed by atoms with Crippen molar-refractivity contribution in [3.05, 3.63) is 24.2 Å². The molecule has 1 aliphatic rings. The highest BCUT2D eigenvalue weighted by Crippen LogP contribution is 2.41. The molecule has 3 heteroatoms. The van der Waals surface area contributed by atoms with E-state index in [0.29, 0.717) is 18.5 Å². The molecular formula is C16H27NO2. The Bertz CT molecular complexity index is 370. The van der Waals surface area contributed by atoms with Crippen LogP contribution in [0, 0.1) is 11.3 Å². The van der Waals surface area contributed by atoms with E-state index in [-0.39, 0.29) is 0 Å². The van der Waals surface area contributed by atoms with Crippen LogP contribution in [-0.2, 0) is 6.54 Å². The van der Waals surface area contributed by atoms with Gasteiger partial charge in [0.2, 0.25) is 0 Å². The molecule has 3 nitrogen and oxygen atoms in total. The van der Waals surface area contributed by atoms with Gasteiger partial charge in [0.05, 0.1) is 18.4 Å². The van der Waals surface area contributed by atoms with Crippen molar-refractivity contribution < 1.29 is 9.52 Å². The zero-order valence-corrected chi connectivity index (χ0v) is 12.4. The second-order valence-electron chi connectivity index (χ2n) is 7.05. The third kappa shape index (κ3) is 4.08. The Morgan fingerprint density at radius 1 is 1.37 bits per heavy atom. The average molecular weight is 265 g/mol. The highest BCUT2D eigenvalue weighted by Gasteiger charge is 2.36. The van der Waals surface area contributed by atoms with E-state index in [1.54, 1.807) is 6.26 Å². The second kappa shape index (κ2) is 5.68. The van der Waals surface area contributed by atoms with Crippen molar-refractivity contribution in [3.8, 4) is 0 Å². The van der Waals surface area contributed by atoms with Gasteiger partial charge < -0.3 is 14.8 Å². The summed E-state index contributed by atoms with van der Waals surface area (Å²) in [6, 6.07) is 3.84. The first-order valence-electron chi connectivity index (χ1n) is 7.35. The molecule has 1 aliphatic carbocycles. The maximum Gasteiger partial charge on any atom is 0.117 e. The molecule has 1 aromatic heterocycles. The van der Waals surface area contributed by atoms with Gasteiger partial charge in [-0.25, -0.2) is 0 Å². The molecule has 1 fully saturated rings. The lowest BCUT2D eigenvalue weighted by Crippen LogP contribution is -2.44. The molecule has 2 rings (SSSR count). The molecule has 0 spiro atoms. The van der Waals surface area contributed by atoms with Crippen molar-refractivity contribution in [1.29, 1.82) is 0 Å². The lowest BCUT2D eigenvalue weighted by atomic mass is 9.68. The van der Waals surface area contributed by atoms with Crippen molar-refractivity contribution in [2.75, 3.05) is 6.54 Å². The van der Waals surface area contributed by atoms with Crippen LogP contribution in [-0.4, -0.2) is 17.3 Å². The summed E-state index contributed by atoms with van der Waals surface area (Å²) in [5.41, 5.74) is -0.169. The predicted octanol–water partition coefficient (Wildman–Crippen LogP) is 3.34. The molecular weight excluding hydrogens is 238 g/mol. The van der Waals surface area contributed by atoms with Crippen LogP contribution in [0.25, 0.3) is 0 Å². The standard InChI is InChI=1S/C16H27NO2/c1-15(2,3)13-6-8-16(18,9-7-13)12-17-11-14-5-4-10-19-14/h4-5,10,13,17-18H,6-9,11-12H2,1-3H3. The van der Waals surface area contributed by atoms with E-state index in [1.165, 1.54) is 0 Å². The Hall–Kier alpha value is -0.800.